The van der Waals surface area contributed by atoms with Gasteiger partial charge in [0, 0.05) is 17.3 Å². The monoisotopic (exact) mass is 349 g/mol. The minimum absolute atomic E-state index is 0.0562. The lowest BCUT2D eigenvalue weighted by Crippen LogP contribution is -2.24. The van der Waals surface area contributed by atoms with Crippen LogP contribution in [0.25, 0.3) is 0 Å². The largest absolute Gasteiger partial charge is 0.478 e. The summed E-state index contributed by atoms with van der Waals surface area (Å²) in [5.74, 6) is 0.0680. The third-order valence-electron chi connectivity index (χ3n) is 3.08. The molecule has 0 bridgehead atoms. The average Bonchev–Trinajstić information content (AvgIpc) is 2.53. The zero-order valence-electron chi connectivity index (χ0n) is 12.3. The summed E-state index contributed by atoms with van der Waals surface area (Å²) in [4.78, 5) is 22.6. The fraction of sp³-hybridized carbons (Fsp3) is 0.176. The molecule has 0 saturated carbocycles. The highest BCUT2D eigenvalue weighted by molar-refractivity contribution is 7.99. The van der Waals surface area contributed by atoms with Crippen molar-refractivity contribution in [3.8, 4) is 0 Å². The van der Waals surface area contributed by atoms with Crippen molar-refractivity contribution >= 4 is 35.2 Å². The van der Waals surface area contributed by atoms with E-state index in [0.717, 1.165) is 16.9 Å². The van der Waals surface area contributed by atoms with Crippen LogP contribution in [0, 0.1) is 0 Å². The Bertz CT molecular complexity index is 688. The molecule has 0 heterocycles. The topological polar surface area (TPSA) is 66.4 Å². The summed E-state index contributed by atoms with van der Waals surface area (Å²) in [6.45, 7) is 0.385. The SMILES string of the molecule is O=C(CSCc1cccc(Cl)c1)NCc1ccc(C(=O)O)cc1. The van der Waals surface area contributed by atoms with Crippen LogP contribution in [-0.2, 0) is 17.1 Å². The predicted molar refractivity (Wildman–Crippen MR) is 92.9 cm³/mol. The highest BCUT2D eigenvalue weighted by Crippen LogP contribution is 2.16. The fourth-order valence-corrected chi connectivity index (χ4v) is 2.92. The fourth-order valence-electron chi connectivity index (χ4n) is 1.91. The standard InChI is InChI=1S/C17H16ClNO3S/c18-15-3-1-2-13(8-15)10-23-11-16(20)19-9-12-4-6-14(7-5-12)17(21)22/h1-8H,9-11H2,(H,19,20)(H,21,22). The van der Waals surface area contributed by atoms with Gasteiger partial charge in [-0.3, -0.25) is 4.79 Å². The van der Waals surface area contributed by atoms with E-state index in [4.69, 9.17) is 16.7 Å². The van der Waals surface area contributed by atoms with E-state index in [1.54, 1.807) is 12.1 Å². The van der Waals surface area contributed by atoms with Gasteiger partial charge in [0.25, 0.3) is 0 Å². The molecule has 0 unspecified atom stereocenters. The molecule has 0 fully saturated rings. The van der Waals surface area contributed by atoms with Crippen molar-refractivity contribution in [1.82, 2.24) is 5.32 Å². The number of aromatic carboxylic acids is 1. The summed E-state index contributed by atoms with van der Waals surface area (Å²) in [6, 6.07) is 14.0. The number of hydrogen-bond donors (Lipinski definition) is 2. The van der Waals surface area contributed by atoms with Gasteiger partial charge >= 0.3 is 5.97 Å². The molecule has 120 valence electrons. The highest BCUT2D eigenvalue weighted by atomic mass is 35.5. The minimum Gasteiger partial charge on any atom is -0.478 e. The highest BCUT2D eigenvalue weighted by Gasteiger charge is 2.04. The van der Waals surface area contributed by atoms with E-state index in [-0.39, 0.29) is 11.5 Å². The number of rotatable bonds is 7. The molecule has 23 heavy (non-hydrogen) atoms. The summed E-state index contributed by atoms with van der Waals surface area (Å²) < 4.78 is 0. The van der Waals surface area contributed by atoms with Gasteiger partial charge in [0.1, 0.15) is 0 Å². The molecule has 0 radical (unpaired) electrons. The maximum Gasteiger partial charge on any atom is 0.335 e. The predicted octanol–water partition coefficient (Wildman–Crippen LogP) is 3.59. The second-order valence-corrected chi connectivity index (χ2v) is 6.32. The Morgan fingerprint density at radius 3 is 2.48 bits per heavy atom. The van der Waals surface area contributed by atoms with Crippen LogP contribution in [0.4, 0.5) is 0 Å². The zero-order valence-corrected chi connectivity index (χ0v) is 13.9. The Hall–Kier alpha value is -1.98. The molecule has 2 aromatic rings. The molecule has 2 N–H and O–H groups in total. The first-order valence-corrected chi connectivity index (χ1v) is 8.49. The van der Waals surface area contributed by atoms with Gasteiger partial charge in [-0.2, -0.15) is 0 Å². The molecule has 1 amide bonds. The van der Waals surface area contributed by atoms with Crippen molar-refractivity contribution in [2.24, 2.45) is 0 Å². The third-order valence-corrected chi connectivity index (χ3v) is 4.32. The quantitative estimate of drug-likeness (QED) is 0.801. The first kappa shape index (κ1) is 17.4. The van der Waals surface area contributed by atoms with E-state index < -0.39 is 5.97 Å². The molecule has 0 saturated heterocycles. The molecular weight excluding hydrogens is 334 g/mol. The van der Waals surface area contributed by atoms with Crippen LogP contribution >= 0.6 is 23.4 Å². The van der Waals surface area contributed by atoms with Gasteiger partial charge in [0.05, 0.1) is 11.3 Å². The van der Waals surface area contributed by atoms with E-state index in [1.165, 1.54) is 23.9 Å². The van der Waals surface area contributed by atoms with Crippen molar-refractivity contribution in [3.05, 3.63) is 70.2 Å². The summed E-state index contributed by atoms with van der Waals surface area (Å²) in [7, 11) is 0. The maximum absolute atomic E-state index is 11.8. The van der Waals surface area contributed by atoms with E-state index in [0.29, 0.717) is 17.3 Å². The molecule has 0 atom stereocenters. The number of amides is 1. The van der Waals surface area contributed by atoms with Crippen molar-refractivity contribution in [3.63, 3.8) is 0 Å². The van der Waals surface area contributed by atoms with Gasteiger partial charge in [-0.1, -0.05) is 35.9 Å². The smallest absolute Gasteiger partial charge is 0.335 e. The molecule has 0 aliphatic heterocycles. The second-order valence-electron chi connectivity index (χ2n) is 4.90. The van der Waals surface area contributed by atoms with Gasteiger partial charge in [0.15, 0.2) is 0 Å². The van der Waals surface area contributed by atoms with Gasteiger partial charge in [0.2, 0.25) is 5.91 Å². The molecule has 0 aromatic heterocycles. The number of thioether (sulfide) groups is 1. The van der Waals surface area contributed by atoms with Crippen molar-refractivity contribution in [2.75, 3.05) is 5.75 Å². The van der Waals surface area contributed by atoms with Gasteiger partial charge in [-0.15, -0.1) is 11.8 Å². The first-order chi connectivity index (χ1) is 11.0. The molecule has 4 nitrogen and oxygen atoms in total. The molecule has 6 heteroatoms. The molecule has 0 spiro atoms. The summed E-state index contributed by atoms with van der Waals surface area (Å²) in [6.07, 6.45) is 0. The Labute approximate surface area is 143 Å². The van der Waals surface area contributed by atoms with Crippen molar-refractivity contribution < 1.29 is 14.7 Å². The molecule has 2 aromatic carbocycles. The maximum atomic E-state index is 11.8. The average molecular weight is 350 g/mol. The third kappa shape index (κ3) is 5.96. The van der Waals surface area contributed by atoms with Crippen LogP contribution in [0.3, 0.4) is 0 Å². The van der Waals surface area contributed by atoms with Crippen LogP contribution in [0.15, 0.2) is 48.5 Å². The van der Waals surface area contributed by atoms with Gasteiger partial charge in [-0.05, 0) is 35.4 Å². The normalized spacial score (nSPS) is 10.3. The Kier molecular flexibility index (Phi) is 6.50. The number of hydrogen-bond acceptors (Lipinski definition) is 3. The molecular formula is C17H16ClNO3S. The van der Waals surface area contributed by atoms with E-state index >= 15 is 0 Å². The molecule has 0 aliphatic rings. The zero-order chi connectivity index (χ0) is 16.7. The Morgan fingerprint density at radius 2 is 1.83 bits per heavy atom. The summed E-state index contributed by atoms with van der Waals surface area (Å²) >= 11 is 7.43. The summed E-state index contributed by atoms with van der Waals surface area (Å²) in [5.41, 5.74) is 2.18. The Balaban J connectivity index is 1.71. The number of carbonyl (C=O) groups excluding carboxylic acids is 1. The van der Waals surface area contributed by atoms with Crippen molar-refractivity contribution in [1.29, 1.82) is 0 Å². The lowest BCUT2D eigenvalue weighted by molar-refractivity contribution is -0.118. The van der Waals surface area contributed by atoms with E-state index in [9.17, 15) is 9.59 Å². The first-order valence-electron chi connectivity index (χ1n) is 6.96. The second kappa shape index (κ2) is 8.60. The number of carbonyl (C=O) groups is 2. The van der Waals surface area contributed by atoms with Crippen LogP contribution in [0.1, 0.15) is 21.5 Å². The van der Waals surface area contributed by atoms with Gasteiger partial charge < -0.3 is 10.4 Å². The minimum atomic E-state index is -0.960. The van der Waals surface area contributed by atoms with Crippen LogP contribution < -0.4 is 5.32 Å². The lowest BCUT2D eigenvalue weighted by atomic mass is 10.1. The van der Waals surface area contributed by atoms with E-state index in [1.807, 2.05) is 24.3 Å². The van der Waals surface area contributed by atoms with Crippen LogP contribution in [0.2, 0.25) is 5.02 Å². The van der Waals surface area contributed by atoms with Gasteiger partial charge in [-0.25, -0.2) is 4.79 Å². The number of carboxylic acids is 1. The molecule has 2 rings (SSSR count). The van der Waals surface area contributed by atoms with Crippen molar-refractivity contribution in [2.45, 2.75) is 12.3 Å². The Morgan fingerprint density at radius 1 is 1.09 bits per heavy atom. The number of halogens is 1. The number of carboxylic acid groups (broad SMARTS) is 1. The number of benzene rings is 2. The molecule has 0 aliphatic carbocycles. The lowest BCUT2D eigenvalue weighted by Gasteiger charge is -2.06. The summed E-state index contributed by atoms with van der Waals surface area (Å²) in [5, 5.41) is 12.3. The number of nitrogens with one attached hydrogen (secondary N) is 1. The van der Waals surface area contributed by atoms with Crippen LogP contribution in [0.5, 0.6) is 0 Å². The van der Waals surface area contributed by atoms with E-state index in [2.05, 4.69) is 5.32 Å². The van der Waals surface area contributed by atoms with Crippen LogP contribution in [-0.4, -0.2) is 22.7 Å².